The fourth-order valence-electron chi connectivity index (χ4n) is 1.54. The molecule has 0 N–H and O–H groups in total. The van der Waals surface area contributed by atoms with Gasteiger partial charge in [0.25, 0.3) is 0 Å². The first-order chi connectivity index (χ1) is 8.83. The second-order valence-electron chi connectivity index (χ2n) is 4.25. The number of hydrogen-bond acceptors (Lipinski definition) is 5. The predicted octanol–water partition coefficient (Wildman–Crippen LogP) is 1.71. The Balaban J connectivity index is 2.72. The van der Waals surface area contributed by atoms with Crippen molar-refractivity contribution in [2.45, 2.75) is 13.3 Å². The molecule has 0 unspecified atom stereocenters. The predicted molar refractivity (Wildman–Crippen MR) is 72.8 cm³/mol. The van der Waals surface area contributed by atoms with Crippen molar-refractivity contribution in [3.05, 3.63) is 23.8 Å². The topological polar surface area (TPSA) is 69.7 Å². The fourth-order valence-corrected chi connectivity index (χ4v) is 2.19. The van der Waals surface area contributed by atoms with Crippen LogP contribution >= 0.6 is 0 Å². The third-order valence-corrected chi connectivity index (χ3v) is 3.52. The highest BCUT2D eigenvalue weighted by Gasteiger charge is 2.10. The summed E-state index contributed by atoms with van der Waals surface area (Å²) in [6.07, 6.45) is 1.56. The van der Waals surface area contributed by atoms with E-state index in [1.165, 1.54) is 20.3 Å². The van der Waals surface area contributed by atoms with Gasteiger partial charge in [0, 0.05) is 12.3 Å². The van der Waals surface area contributed by atoms with Crippen LogP contribution in [0.2, 0.25) is 0 Å². The molecule has 0 radical (unpaired) electrons. The third-order valence-electron chi connectivity index (χ3n) is 2.49. The third kappa shape index (κ3) is 5.30. The molecule has 106 valence electrons. The lowest BCUT2D eigenvalue weighted by molar-refractivity contribution is 0.101. The Kier molecular flexibility index (Phi) is 5.35. The van der Waals surface area contributed by atoms with Crippen molar-refractivity contribution in [1.29, 1.82) is 0 Å². The standard InChI is InChI=1S/C13H18O5S/c1-10(14)12-6-5-11(17-2)9-13(12)18-7-4-8-19(3,15)16/h5-6,9H,4,7-8H2,1-3H3. The van der Waals surface area contributed by atoms with Crippen molar-refractivity contribution in [2.75, 3.05) is 25.7 Å². The molecule has 0 heterocycles. The summed E-state index contributed by atoms with van der Waals surface area (Å²) in [5, 5.41) is 0. The first kappa shape index (κ1) is 15.5. The Morgan fingerprint density at radius 1 is 1.32 bits per heavy atom. The number of carbonyl (C=O) groups is 1. The molecule has 6 heteroatoms. The van der Waals surface area contributed by atoms with Gasteiger partial charge in [-0.25, -0.2) is 8.42 Å². The van der Waals surface area contributed by atoms with E-state index in [9.17, 15) is 13.2 Å². The molecule has 0 spiro atoms. The summed E-state index contributed by atoms with van der Waals surface area (Å²) in [6, 6.07) is 4.93. The zero-order valence-electron chi connectivity index (χ0n) is 11.3. The largest absolute Gasteiger partial charge is 0.497 e. The number of Topliss-reactive ketones (excluding diaryl/α,β-unsaturated/α-hetero) is 1. The van der Waals surface area contributed by atoms with Gasteiger partial charge in [0.05, 0.1) is 25.0 Å². The van der Waals surface area contributed by atoms with E-state index in [1.807, 2.05) is 0 Å². The highest BCUT2D eigenvalue weighted by molar-refractivity contribution is 7.90. The summed E-state index contributed by atoms with van der Waals surface area (Å²) >= 11 is 0. The maximum absolute atomic E-state index is 11.4. The molecule has 0 saturated heterocycles. The van der Waals surface area contributed by atoms with E-state index >= 15 is 0 Å². The summed E-state index contributed by atoms with van der Waals surface area (Å²) < 4.78 is 32.5. The van der Waals surface area contributed by atoms with Gasteiger partial charge in [-0.1, -0.05) is 0 Å². The Hall–Kier alpha value is -1.56. The number of ether oxygens (including phenoxy) is 2. The lowest BCUT2D eigenvalue weighted by Gasteiger charge is -2.11. The van der Waals surface area contributed by atoms with Crippen LogP contribution in [0.1, 0.15) is 23.7 Å². The van der Waals surface area contributed by atoms with Crippen LogP contribution in [0.3, 0.4) is 0 Å². The molecule has 1 aromatic carbocycles. The van der Waals surface area contributed by atoms with Crippen LogP contribution in [0.5, 0.6) is 11.5 Å². The number of methoxy groups -OCH3 is 1. The highest BCUT2D eigenvalue weighted by atomic mass is 32.2. The quantitative estimate of drug-likeness (QED) is 0.564. The monoisotopic (exact) mass is 286 g/mol. The van der Waals surface area contributed by atoms with Gasteiger partial charge in [-0.15, -0.1) is 0 Å². The van der Waals surface area contributed by atoms with Gasteiger partial charge in [-0.3, -0.25) is 4.79 Å². The molecule has 0 aliphatic rings. The van der Waals surface area contributed by atoms with Crippen LogP contribution in [0.15, 0.2) is 18.2 Å². The minimum absolute atomic E-state index is 0.0619. The molecule has 0 aliphatic carbocycles. The Labute approximate surface area is 113 Å². The van der Waals surface area contributed by atoms with Crippen LogP contribution in [0, 0.1) is 0 Å². The molecule has 0 fully saturated rings. The summed E-state index contributed by atoms with van der Waals surface area (Å²) in [5.74, 6) is 0.955. The molecular formula is C13H18O5S. The normalized spacial score (nSPS) is 11.1. The van der Waals surface area contributed by atoms with E-state index in [4.69, 9.17) is 9.47 Å². The van der Waals surface area contributed by atoms with Crippen molar-refractivity contribution in [1.82, 2.24) is 0 Å². The zero-order valence-corrected chi connectivity index (χ0v) is 12.1. The number of ketones is 1. The number of hydrogen-bond donors (Lipinski definition) is 0. The second kappa shape index (κ2) is 6.56. The van der Waals surface area contributed by atoms with Crippen molar-refractivity contribution in [3.63, 3.8) is 0 Å². The van der Waals surface area contributed by atoms with E-state index in [0.717, 1.165) is 0 Å². The second-order valence-corrected chi connectivity index (χ2v) is 6.51. The summed E-state index contributed by atoms with van der Waals surface area (Å²) in [5.41, 5.74) is 0.458. The number of benzene rings is 1. The Bertz CT molecular complexity index is 548. The van der Waals surface area contributed by atoms with Gasteiger partial charge in [-0.2, -0.15) is 0 Å². The molecule has 19 heavy (non-hydrogen) atoms. The van der Waals surface area contributed by atoms with Gasteiger partial charge in [0.1, 0.15) is 21.3 Å². The van der Waals surface area contributed by atoms with Crippen molar-refractivity contribution < 1.29 is 22.7 Å². The SMILES string of the molecule is COc1ccc(C(C)=O)c(OCCCS(C)(=O)=O)c1. The van der Waals surface area contributed by atoms with Crippen LogP contribution < -0.4 is 9.47 Å². The summed E-state index contributed by atoms with van der Waals surface area (Å²) in [4.78, 5) is 11.4. The van der Waals surface area contributed by atoms with Gasteiger partial charge in [-0.05, 0) is 25.5 Å². The molecule has 0 amide bonds. The zero-order chi connectivity index (χ0) is 14.5. The van der Waals surface area contributed by atoms with Gasteiger partial charge >= 0.3 is 0 Å². The molecular weight excluding hydrogens is 268 g/mol. The number of carbonyl (C=O) groups excluding carboxylic acids is 1. The minimum Gasteiger partial charge on any atom is -0.497 e. The van der Waals surface area contributed by atoms with E-state index < -0.39 is 9.84 Å². The van der Waals surface area contributed by atoms with E-state index in [1.54, 1.807) is 18.2 Å². The van der Waals surface area contributed by atoms with Crippen molar-refractivity contribution in [3.8, 4) is 11.5 Å². The molecule has 0 saturated carbocycles. The fraction of sp³-hybridized carbons (Fsp3) is 0.462. The smallest absolute Gasteiger partial charge is 0.163 e. The number of sulfone groups is 1. The summed E-state index contributed by atoms with van der Waals surface area (Å²) in [6.45, 7) is 1.69. The van der Waals surface area contributed by atoms with Crippen LogP contribution in [0.25, 0.3) is 0 Å². The van der Waals surface area contributed by atoms with Crippen molar-refractivity contribution in [2.24, 2.45) is 0 Å². The molecule has 0 atom stereocenters. The van der Waals surface area contributed by atoms with E-state index in [0.29, 0.717) is 23.5 Å². The van der Waals surface area contributed by atoms with Crippen LogP contribution in [-0.4, -0.2) is 39.9 Å². The molecule has 0 aliphatic heterocycles. The van der Waals surface area contributed by atoms with Gasteiger partial charge < -0.3 is 9.47 Å². The highest BCUT2D eigenvalue weighted by Crippen LogP contribution is 2.25. The molecule has 1 aromatic rings. The van der Waals surface area contributed by atoms with E-state index in [2.05, 4.69) is 0 Å². The molecule has 0 bridgehead atoms. The first-order valence-electron chi connectivity index (χ1n) is 5.83. The maximum Gasteiger partial charge on any atom is 0.163 e. The Morgan fingerprint density at radius 2 is 2.00 bits per heavy atom. The lowest BCUT2D eigenvalue weighted by Crippen LogP contribution is -2.09. The van der Waals surface area contributed by atoms with E-state index in [-0.39, 0.29) is 18.1 Å². The average Bonchev–Trinajstić information content (AvgIpc) is 2.33. The average molecular weight is 286 g/mol. The Morgan fingerprint density at radius 3 is 2.53 bits per heavy atom. The van der Waals surface area contributed by atoms with Crippen LogP contribution in [-0.2, 0) is 9.84 Å². The van der Waals surface area contributed by atoms with Gasteiger partial charge in [0.15, 0.2) is 5.78 Å². The lowest BCUT2D eigenvalue weighted by atomic mass is 10.1. The van der Waals surface area contributed by atoms with Crippen molar-refractivity contribution >= 4 is 15.6 Å². The summed E-state index contributed by atoms with van der Waals surface area (Å²) in [7, 11) is -1.47. The number of rotatable bonds is 7. The molecule has 0 aromatic heterocycles. The molecule has 1 rings (SSSR count). The van der Waals surface area contributed by atoms with Crippen LogP contribution in [0.4, 0.5) is 0 Å². The van der Waals surface area contributed by atoms with Gasteiger partial charge in [0.2, 0.25) is 0 Å². The first-order valence-corrected chi connectivity index (χ1v) is 7.89. The minimum atomic E-state index is -2.99. The maximum atomic E-state index is 11.4. The molecule has 5 nitrogen and oxygen atoms in total.